The molecule has 1 N–H and O–H groups in total. The summed E-state index contributed by atoms with van der Waals surface area (Å²) in [5, 5.41) is 3.29. The lowest BCUT2D eigenvalue weighted by Crippen LogP contribution is -2.43. The van der Waals surface area contributed by atoms with Crippen molar-refractivity contribution in [1.82, 2.24) is 9.62 Å². The Morgan fingerprint density at radius 1 is 1.33 bits per heavy atom. The molecule has 0 aromatic carbocycles. The molecule has 18 heavy (non-hydrogen) atoms. The van der Waals surface area contributed by atoms with E-state index in [9.17, 15) is 8.42 Å². The Hall–Kier alpha value is -0.130. The Morgan fingerprint density at radius 3 is 2.67 bits per heavy atom. The summed E-state index contributed by atoms with van der Waals surface area (Å²) < 4.78 is 26.1. The molecular weight excluding hydrogens is 248 g/mol. The van der Waals surface area contributed by atoms with Crippen molar-refractivity contribution in [1.29, 1.82) is 0 Å². The van der Waals surface area contributed by atoms with Crippen LogP contribution in [-0.4, -0.2) is 44.2 Å². The summed E-state index contributed by atoms with van der Waals surface area (Å²) in [4.78, 5) is 0. The van der Waals surface area contributed by atoms with Gasteiger partial charge < -0.3 is 5.32 Å². The molecular formula is C13H28N2O2S. The van der Waals surface area contributed by atoms with Crippen LogP contribution >= 0.6 is 0 Å². The number of hydrogen-bond donors (Lipinski definition) is 1. The fraction of sp³-hybridized carbons (Fsp3) is 1.00. The number of rotatable bonds is 7. The van der Waals surface area contributed by atoms with Crippen molar-refractivity contribution >= 4 is 10.0 Å². The van der Waals surface area contributed by atoms with Gasteiger partial charge in [-0.15, -0.1) is 0 Å². The first-order chi connectivity index (χ1) is 8.43. The fourth-order valence-electron chi connectivity index (χ4n) is 2.37. The van der Waals surface area contributed by atoms with Crippen LogP contribution in [0, 0.1) is 5.92 Å². The van der Waals surface area contributed by atoms with Crippen molar-refractivity contribution in [2.45, 2.75) is 52.5 Å². The summed E-state index contributed by atoms with van der Waals surface area (Å²) in [5.74, 6) is 0.895. The fourth-order valence-corrected chi connectivity index (χ4v) is 4.18. The van der Waals surface area contributed by atoms with E-state index in [1.807, 2.05) is 6.92 Å². The minimum absolute atomic E-state index is 0.187. The highest BCUT2D eigenvalue weighted by Gasteiger charge is 2.28. The van der Waals surface area contributed by atoms with Gasteiger partial charge in [-0.2, -0.15) is 4.31 Å². The Bertz CT molecular complexity index is 328. The van der Waals surface area contributed by atoms with Crippen LogP contribution in [-0.2, 0) is 10.0 Å². The molecule has 5 heteroatoms. The molecule has 0 aromatic heterocycles. The van der Waals surface area contributed by atoms with E-state index in [0.29, 0.717) is 18.9 Å². The molecule has 108 valence electrons. The molecule has 0 radical (unpaired) electrons. The topological polar surface area (TPSA) is 49.4 Å². The van der Waals surface area contributed by atoms with Gasteiger partial charge in [-0.05, 0) is 45.2 Å². The minimum Gasteiger partial charge on any atom is -0.316 e. The monoisotopic (exact) mass is 276 g/mol. The maximum absolute atomic E-state index is 12.2. The first-order valence-corrected chi connectivity index (χ1v) is 8.74. The van der Waals surface area contributed by atoms with Gasteiger partial charge in [-0.3, -0.25) is 0 Å². The first-order valence-electron chi connectivity index (χ1n) is 7.13. The van der Waals surface area contributed by atoms with E-state index in [2.05, 4.69) is 19.2 Å². The van der Waals surface area contributed by atoms with E-state index in [4.69, 9.17) is 0 Å². The second-order valence-corrected chi connectivity index (χ2v) is 7.76. The number of nitrogens with one attached hydrogen (secondary N) is 1. The van der Waals surface area contributed by atoms with E-state index >= 15 is 0 Å². The van der Waals surface area contributed by atoms with Crippen molar-refractivity contribution in [2.75, 3.05) is 25.4 Å². The predicted octanol–water partition coefficient (Wildman–Crippen LogP) is 1.83. The largest absolute Gasteiger partial charge is 0.316 e. The zero-order chi connectivity index (χ0) is 13.6. The van der Waals surface area contributed by atoms with Gasteiger partial charge in [0.15, 0.2) is 0 Å². The lowest BCUT2D eigenvalue weighted by atomic mass is 10.1. The molecule has 0 amide bonds. The zero-order valence-electron chi connectivity index (χ0n) is 12.0. The molecule has 0 spiro atoms. The van der Waals surface area contributed by atoms with Crippen molar-refractivity contribution < 1.29 is 8.42 Å². The Labute approximate surface area is 112 Å². The van der Waals surface area contributed by atoms with Crippen LogP contribution in [0.25, 0.3) is 0 Å². The van der Waals surface area contributed by atoms with Gasteiger partial charge >= 0.3 is 0 Å². The molecule has 0 saturated carbocycles. The van der Waals surface area contributed by atoms with E-state index < -0.39 is 10.0 Å². The summed E-state index contributed by atoms with van der Waals surface area (Å²) in [5.41, 5.74) is 0. The van der Waals surface area contributed by atoms with Crippen molar-refractivity contribution in [3.63, 3.8) is 0 Å². The zero-order valence-corrected chi connectivity index (χ0v) is 12.8. The lowest BCUT2D eigenvalue weighted by molar-refractivity contribution is 0.268. The van der Waals surface area contributed by atoms with Crippen LogP contribution in [0.2, 0.25) is 0 Å². The average Bonchev–Trinajstić information content (AvgIpc) is 2.28. The third-order valence-electron chi connectivity index (χ3n) is 3.41. The second kappa shape index (κ2) is 7.46. The van der Waals surface area contributed by atoms with Crippen LogP contribution in [0.5, 0.6) is 0 Å². The second-order valence-electron chi connectivity index (χ2n) is 5.72. The van der Waals surface area contributed by atoms with E-state index in [1.165, 1.54) is 0 Å². The van der Waals surface area contributed by atoms with Gasteiger partial charge in [0.25, 0.3) is 0 Å². The summed E-state index contributed by atoms with van der Waals surface area (Å²) in [7, 11) is -3.04. The predicted molar refractivity (Wildman–Crippen MR) is 76.1 cm³/mol. The molecule has 1 aliphatic heterocycles. The van der Waals surface area contributed by atoms with E-state index in [1.54, 1.807) is 4.31 Å². The molecule has 1 atom stereocenters. The Kier molecular flexibility index (Phi) is 6.60. The first kappa shape index (κ1) is 15.9. The molecule has 0 unspecified atom stereocenters. The third-order valence-corrected chi connectivity index (χ3v) is 5.47. The standard InChI is InChI=1S/C13H28N2O2S/c1-12(2)11-14-8-6-10-18(16,17)15-9-5-4-7-13(15)3/h12-14H,4-11H2,1-3H3/t13-/m0/s1. The molecule has 1 saturated heterocycles. The van der Waals surface area contributed by atoms with Gasteiger partial charge in [-0.1, -0.05) is 20.3 Å². The maximum Gasteiger partial charge on any atom is 0.214 e. The molecule has 1 aliphatic rings. The Balaban J connectivity index is 2.30. The van der Waals surface area contributed by atoms with Gasteiger partial charge in [0, 0.05) is 12.6 Å². The van der Waals surface area contributed by atoms with Gasteiger partial charge in [0.05, 0.1) is 5.75 Å². The van der Waals surface area contributed by atoms with Gasteiger partial charge in [0.1, 0.15) is 0 Å². The maximum atomic E-state index is 12.2. The van der Waals surface area contributed by atoms with E-state index in [-0.39, 0.29) is 11.8 Å². The highest BCUT2D eigenvalue weighted by molar-refractivity contribution is 7.89. The molecule has 1 fully saturated rings. The quantitative estimate of drug-likeness (QED) is 0.722. The van der Waals surface area contributed by atoms with Crippen LogP contribution in [0.4, 0.5) is 0 Å². The Morgan fingerprint density at radius 2 is 2.06 bits per heavy atom. The van der Waals surface area contributed by atoms with Crippen LogP contribution in [0.15, 0.2) is 0 Å². The molecule has 1 rings (SSSR count). The number of hydrogen-bond acceptors (Lipinski definition) is 3. The summed E-state index contributed by atoms with van der Waals surface area (Å²) in [6.07, 6.45) is 3.88. The number of sulfonamides is 1. The minimum atomic E-state index is -3.04. The normalized spacial score (nSPS) is 22.6. The van der Waals surface area contributed by atoms with Crippen molar-refractivity contribution in [3.8, 4) is 0 Å². The van der Waals surface area contributed by atoms with Crippen molar-refractivity contribution in [3.05, 3.63) is 0 Å². The average molecular weight is 276 g/mol. The third kappa shape index (κ3) is 5.24. The smallest absolute Gasteiger partial charge is 0.214 e. The molecule has 4 nitrogen and oxygen atoms in total. The number of piperidine rings is 1. The van der Waals surface area contributed by atoms with E-state index in [0.717, 1.165) is 32.4 Å². The molecule has 0 aliphatic carbocycles. The molecule has 0 bridgehead atoms. The highest BCUT2D eigenvalue weighted by atomic mass is 32.2. The van der Waals surface area contributed by atoms with Crippen molar-refractivity contribution in [2.24, 2.45) is 5.92 Å². The highest BCUT2D eigenvalue weighted by Crippen LogP contribution is 2.20. The molecule has 1 heterocycles. The lowest BCUT2D eigenvalue weighted by Gasteiger charge is -2.32. The summed E-state index contributed by atoms with van der Waals surface area (Å²) >= 11 is 0. The van der Waals surface area contributed by atoms with Crippen LogP contribution in [0.3, 0.4) is 0 Å². The molecule has 0 aromatic rings. The number of nitrogens with zero attached hydrogens (tertiary/aromatic N) is 1. The van der Waals surface area contributed by atoms with Gasteiger partial charge in [-0.25, -0.2) is 8.42 Å². The van der Waals surface area contributed by atoms with Crippen LogP contribution in [0.1, 0.15) is 46.5 Å². The van der Waals surface area contributed by atoms with Crippen LogP contribution < -0.4 is 5.32 Å². The van der Waals surface area contributed by atoms with Gasteiger partial charge in [0.2, 0.25) is 10.0 Å². The summed E-state index contributed by atoms with van der Waals surface area (Å²) in [6, 6.07) is 0.187. The summed E-state index contributed by atoms with van der Waals surface area (Å²) in [6.45, 7) is 8.79. The SMILES string of the molecule is CC(C)CNCCCS(=O)(=O)N1CCCC[C@@H]1C.